The van der Waals surface area contributed by atoms with E-state index < -0.39 is 0 Å². The van der Waals surface area contributed by atoms with Gasteiger partial charge < -0.3 is 0 Å². The molecule has 0 saturated carbocycles. The zero-order chi connectivity index (χ0) is 7.98. The van der Waals surface area contributed by atoms with E-state index in [9.17, 15) is 0 Å². The Kier molecular flexibility index (Phi) is 5.69. The fourth-order valence-corrected chi connectivity index (χ4v) is 0.402. The molecule has 0 aliphatic rings. The molecule has 0 rings (SSSR count). The van der Waals surface area contributed by atoms with Crippen LogP contribution in [0, 0.1) is 0 Å². The van der Waals surface area contributed by atoms with Crippen LogP contribution in [0.2, 0.25) is 0 Å². The lowest BCUT2D eigenvalue weighted by Crippen LogP contribution is -2.23. The van der Waals surface area contributed by atoms with Crippen molar-refractivity contribution < 1.29 is 4.84 Å². The minimum Gasteiger partial charge on any atom is -0.296 e. The summed E-state index contributed by atoms with van der Waals surface area (Å²) >= 11 is 5.68. The van der Waals surface area contributed by atoms with Crippen molar-refractivity contribution in [3.8, 4) is 0 Å². The van der Waals surface area contributed by atoms with Crippen molar-refractivity contribution in [3.05, 3.63) is 12.2 Å². The Morgan fingerprint density at radius 3 is 2.80 bits per heavy atom. The normalized spacial score (nSPS) is 13.1. The monoisotopic (exact) mass is 163 g/mol. The van der Waals surface area contributed by atoms with Crippen LogP contribution in [0.1, 0.15) is 20.3 Å². The molecule has 1 atom stereocenters. The molecule has 1 unspecified atom stereocenters. The smallest absolute Gasteiger partial charge is 0.106 e. The second kappa shape index (κ2) is 5.71. The molecule has 0 amide bonds. The number of halogens is 1. The molecule has 0 aromatic carbocycles. The number of hydroxylamine groups is 1. The van der Waals surface area contributed by atoms with E-state index in [-0.39, 0.29) is 5.50 Å². The summed E-state index contributed by atoms with van der Waals surface area (Å²) in [5.41, 5.74) is 3.55. The molecule has 0 aliphatic carbocycles. The molecule has 0 aliphatic heterocycles. The Morgan fingerprint density at radius 2 is 2.40 bits per heavy atom. The van der Waals surface area contributed by atoms with Crippen LogP contribution >= 0.6 is 11.6 Å². The van der Waals surface area contributed by atoms with E-state index in [1.807, 2.05) is 13.8 Å². The number of hydrogen-bond donors (Lipinski definition) is 1. The number of rotatable bonds is 5. The molecule has 1 N–H and O–H groups in total. The van der Waals surface area contributed by atoms with Crippen LogP contribution in [-0.2, 0) is 4.84 Å². The van der Waals surface area contributed by atoms with Gasteiger partial charge in [-0.1, -0.05) is 19.1 Å². The molecule has 0 aromatic rings. The molecular weight excluding hydrogens is 150 g/mol. The van der Waals surface area contributed by atoms with E-state index >= 15 is 0 Å². The first-order chi connectivity index (χ1) is 4.66. The van der Waals surface area contributed by atoms with Gasteiger partial charge in [-0.2, -0.15) is 5.48 Å². The Morgan fingerprint density at radius 1 is 1.80 bits per heavy atom. The van der Waals surface area contributed by atoms with E-state index in [1.54, 1.807) is 0 Å². The first-order valence-electron chi connectivity index (χ1n) is 3.32. The van der Waals surface area contributed by atoms with Crippen molar-refractivity contribution in [2.75, 3.05) is 6.61 Å². The summed E-state index contributed by atoms with van der Waals surface area (Å²) in [5.74, 6) is 0. The minimum atomic E-state index is -0.0978. The van der Waals surface area contributed by atoms with Crippen LogP contribution in [0.5, 0.6) is 0 Å². The van der Waals surface area contributed by atoms with Gasteiger partial charge in [-0.15, -0.1) is 11.6 Å². The summed E-state index contributed by atoms with van der Waals surface area (Å²) in [4.78, 5) is 4.97. The van der Waals surface area contributed by atoms with Gasteiger partial charge in [0.05, 0.1) is 6.61 Å². The predicted molar refractivity (Wildman–Crippen MR) is 43.8 cm³/mol. The molecule has 0 spiro atoms. The Balaban J connectivity index is 3.11. The summed E-state index contributed by atoms with van der Waals surface area (Å²) in [6.07, 6.45) is 0.845. The Labute approximate surface area is 67.2 Å². The second-order valence-corrected chi connectivity index (χ2v) is 2.77. The summed E-state index contributed by atoms with van der Waals surface area (Å²) in [5, 5.41) is 0. The van der Waals surface area contributed by atoms with Crippen molar-refractivity contribution in [1.29, 1.82) is 0 Å². The summed E-state index contributed by atoms with van der Waals surface area (Å²) in [7, 11) is 0. The van der Waals surface area contributed by atoms with Gasteiger partial charge in [0.15, 0.2) is 0 Å². The summed E-state index contributed by atoms with van der Waals surface area (Å²) < 4.78 is 0. The van der Waals surface area contributed by atoms with Crippen LogP contribution in [0.15, 0.2) is 12.2 Å². The van der Waals surface area contributed by atoms with Crippen LogP contribution in [0.25, 0.3) is 0 Å². The third-order valence-corrected chi connectivity index (χ3v) is 1.29. The lowest BCUT2D eigenvalue weighted by atomic mass is 10.4. The highest BCUT2D eigenvalue weighted by atomic mass is 35.5. The average molecular weight is 164 g/mol. The molecule has 0 saturated heterocycles. The van der Waals surface area contributed by atoms with Crippen LogP contribution in [0.4, 0.5) is 0 Å². The third kappa shape index (κ3) is 6.08. The largest absolute Gasteiger partial charge is 0.296 e. The molecule has 0 radical (unpaired) electrons. The third-order valence-electron chi connectivity index (χ3n) is 0.888. The molecule has 60 valence electrons. The standard InChI is InChI=1S/C7H14ClNO/c1-4-7(8)9-10-5-6(2)3/h7,9H,2,4-5H2,1,3H3. The van der Waals surface area contributed by atoms with E-state index in [2.05, 4.69) is 12.1 Å². The fraction of sp³-hybridized carbons (Fsp3) is 0.714. The van der Waals surface area contributed by atoms with E-state index in [0.29, 0.717) is 6.61 Å². The SMILES string of the molecule is C=C(C)CONC(Cl)CC. The highest BCUT2D eigenvalue weighted by molar-refractivity contribution is 6.20. The van der Waals surface area contributed by atoms with Crippen molar-refractivity contribution in [3.63, 3.8) is 0 Å². The van der Waals surface area contributed by atoms with E-state index in [4.69, 9.17) is 16.4 Å². The van der Waals surface area contributed by atoms with E-state index in [1.165, 1.54) is 0 Å². The average Bonchev–Trinajstić information content (AvgIpc) is 1.87. The van der Waals surface area contributed by atoms with Crippen LogP contribution in [-0.4, -0.2) is 12.1 Å². The van der Waals surface area contributed by atoms with Gasteiger partial charge in [-0.25, -0.2) is 0 Å². The predicted octanol–water partition coefficient (Wildman–Crippen LogP) is 2.06. The Bertz CT molecular complexity index is 106. The number of hydrogen-bond acceptors (Lipinski definition) is 2. The topological polar surface area (TPSA) is 21.3 Å². The first kappa shape index (κ1) is 9.95. The van der Waals surface area contributed by atoms with Crippen LogP contribution in [0.3, 0.4) is 0 Å². The number of alkyl halides is 1. The number of nitrogens with one attached hydrogen (secondary N) is 1. The lowest BCUT2D eigenvalue weighted by Gasteiger charge is -2.08. The van der Waals surface area contributed by atoms with Gasteiger partial charge in [-0.3, -0.25) is 4.84 Å². The molecule has 0 aromatic heterocycles. The zero-order valence-electron chi connectivity index (χ0n) is 6.48. The maximum Gasteiger partial charge on any atom is 0.106 e. The highest BCUT2D eigenvalue weighted by Gasteiger charge is 1.97. The lowest BCUT2D eigenvalue weighted by molar-refractivity contribution is 0.0488. The molecule has 0 bridgehead atoms. The quantitative estimate of drug-likeness (QED) is 0.290. The fourth-order valence-electron chi connectivity index (χ4n) is 0.339. The molecule has 0 heterocycles. The molecular formula is C7H14ClNO. The minimum absolute atomic E-state index is 0.0978. The molecule has 0 fully saturated rings. The van der Waals surface area contributed by atoms with Crippen molar-refractivity contribution in [2.24, 2.45) is 0 Å². The molecule has 3 heteroatoms. The van der Waals surface area contributed by atoms with E-state index in [0.717, 1.165) is 12.0 Å². The zero-order valence-corrected chi connectivity index (χ0v) is 7.24. The van der Waals surface area contributed by atoms with Gasteiger partial charge in [0.2, 0.25) is 0 Å². The summed E-state index contributed by atoms with van der Waals surface area (Å²) in [6.45, 7) is 8.07. The summed E-state index contributed by atoms with van der Waals surface area (Å²) in [6, 6.07) is 0. The van der Waals surface area contributed by atoms with Gasteiger partial charge in [-0.05, 0) is 13.3 Å². The van der Waals surface area contributed by atoms with Gasteiger partial charge in [0.25, 0.3) is 0 Å². The van der Waals surface area contributed by atoms with Gasteiger partial charge >= 0.3 is 0 Å². The first-order valence-corrected chi connectivity index (χ1v) is 3.76. The van der Waals surface area contributed by atoms with Gasteiger partial charge in [0.1, 0.15) is 5.50 Å². The highest BCUT2D eigenvalue weighted by Crippen LogP contribution is 1.96. The Hall–Kier alpha value is -0.0500. The van der Waals surface area contributed by atoms with Crippen LogP contribution < -0.4 is 5.48 Å². The molecule has 2 nitrogen and oxygen atoms in total. The van der Waals surface area contributed by atoms with Crippen molar-refractivity contribution in [2.45, 2.75) is 25.8 Å². The van der Waals surface area contributed by atoms with Gasteiger partial charge in [0, 0.05) is 0 Å². The maximum atomic E-state index is 5.68. The molecule has 10 heavy (non-hydrogen) atoms. The van der Waals surface area contributed by atoms with Crippen molar-refractivity contribution in [1.82, 2.24) is 5.48 Å². The second-order valence-electron chi connectivity index (χ2n) is 2.24. The maximum absolute atomic E-state index is 5.68. The van der Waals surface area contributed by atoms with Crippen molar-refractivity contribution >= 4 is 11.6 Å².